The summed E-state index contributed by atoms with van der Waals surface area (Å²) in [5.74, 6) is 0.0259. The van der Waals surface area contributed by atoms with Crippen LogP contribution in [0.4, 0.5) is 0 Å². The molecular formula is C14H19BrN2O. The summed E-state index contributed by atoms with van der Waals surface area (Å²) in [4.78, 5) is 12.0. The zero-order valence-corrected chi connectivity index (χ0v) is 12.2. The minimum Gasteiger partial charge on any atom is -0.352 e. The van der Waals surface area contributed by atoms with Crippen LogP contribution >= 0.6 is 15.9 Å². The van der Waals surface area contributed by atoms with Gasteiger partial charge in [-0.1, -0.05) is 15.9 Å². The summed E-state index contributed by atoms with van der Waals surface area (Å²) in [7, 11) is 0. The average Bonchev–Trinajstić information content (AvgIpc) is 2.81. The number of carbonyl (C=O) groups excluding carboxylic acids is 1. The molecule has 1 aromatic rings. The van der Waals surface area contributed by atoms with E-state index in [9.17, 15) is 4.79 Å². The van der Waals surface area contributed by atoms with E-state index < -0.39 is 0 Å². The fourth-order valence-corrected chi connectivity index (χ4v) is 2.82. The number of amides is 1. The van der Waals surface area contributed by atoms with Crippen molar-refractivity contribution < 1.29 is 4.79 Å². The Morgan fingerprint density at radius 3 is 3.06 bits per heavy atom. The first-order valence-corrected chi connectivity index (χ1v) is 7.24. The Balaban J connectivity index is 1.83. The van der Waals surface area contributed by atoms with Crippen molar-refractivity contribution in [2.75, 3.05) is 13.1 Å². The number of benzene rings is 1. The molecule has 1 aliphatic rings. The van der Waals surface area contributed by atoms with Gasteiger partial charge in [-0.25, -0.2) is 0 Å². The molecule has 0 spiro atoms. The molecule has 1 fully saturated rings. The van der Waals surface area contributed by atoms with E-state index in [1.165, 1.54) is 12.8 Å². The van der Waals surface area contributed by atoms with Gasteiger partial charge in [0.05, 0.1) is 0 Å². The molecule has 0 saturated carbocycles. The third-order valence-electron chi connectivity index (χ3n) is 3.37. The molecule has 1 atom stereocenters. The number of carbonyl (C=O) groups is 1. The maximum absolute atomic E-state index is 12.0. The Morgan fingerprint density at radius 2 is 2.39 bits per heavy atom. The van der Waals surface area contributed by atoms with E-state index in [0.717, 1.165) is 35.1 Å². The van der Waals surface area contributed by atoms with Gasteiger partial charge in [0, 0.05) is 22.6 Å². The Kier molecular flexibility index (Phi) is 4.78. The minimum atomic E-state index is 0.0259. The fourth-order valence-electron chi connectivity index (χ4n) is 2.34. The molecular weight excluding hydrogens is 292 g/mol. The van der Waals surface area contributed by atoms with E-state index in [1.807, 2.05) is 25.1 Å². The summed E-state index contributed by atoms with van der Waals surface area (Å²) >= 11 is 3.40. The van der Waals surface area contributed by atoms with Gasteiger partial charge in [0.15, 0.2) is 0 Å². The maximum Gasteiger partial charge on any atom is 0.251 e. The minimum absolute atomic E-state index is 0.0259. The monoisotopic (exact) mass is 310 g/mol. The van der Waals surface area contributed by atoms with Crippen LogP contribution in [0.25, 0.3) is 0 Å². The van der Waals surface area contributed by atoms with E-state index in [2.05, 4.69) is 26.6 Å². The molecule has 2 N–H and O–H groups in total. The van der Waals surface area contributed by atoms with E-state index >= 15 is 0 Å². The number of rotatable bonds is 4. The molecule has 98 valence electrons. The number of aryl methyl sites for hydroxylation is 1. The van der Waals surface area contributed by atoms with Gasteiger partial charge in [-0.3, -0.25) is 4.79 Å². The van der Waals surface area contributed by atoms with Gasteiger partial charge in [0.1, 0.15) is 0 Å². The van der Waals surface area contributed by atoms with Crippen molar-refractivity contribution in [3.05, 3.63) is 33.8 Å². The molecule has 1 amide bonds. The summed E-state index contributed by atoms with van der Waals surface area (Å²) < 4.78 is 1.01. The average molecular weight is 311 g/mol. The summed E-state index contributed by atoms with van der Waals surface area (Å²) in [6.45, 7) is 3.81. The van der Waals surface area contributed by atoms with Gasteiger partial charge >= 0.3 is 0 Å². The third kappa shape index (κ3) is 3.56. The van der Waals surface area contributed by atoms with Crippen molar-refractivity contribution in [3.8, 4) is 0 Å². The predicted molar refractivity (Wildman–Crippen MR) is 76.9 cm³/mol. The molecule has 0 bridgehead atoms. The maximum atomic E-state index is 12.0. The molecule has 0 unspecified atom stereocenters. The molecule has 0 aromatic heterocycles. The largest absolute Gasteiger partial charge is 0.352 e. The number of nitrogens with one attached hydrogen (secondary N) is 2. The van der Waals surface area contributed by atoms with Gasteiger partial charge in [0.25, 0.3) is 5.91 Å². The first-order chi connectivity index (χ1) is 8.66. The molecule has 18 heavy (non-hydrogen) atoms. The lowest BCUT2D eigenvalue weighted by molar-refractivity contribution is 0.0951. The second-order valence-electron chi connectivity index (χ2n) is 4.80. The molecule has 2 rings (SSSR count). The highest BCUT2D eigenvalue weighted by Gasteiger charge is 2.14. The van der Waals surface area contributed by atoms with Crippen LogP contribution in [-0.2, 0) is 0 Å². The van der Waals surface area contributed by atoms with Gasteiger partial charge in [-0.15, -0.1) is 0 Å². The molecule has 1 saturated heterocycles. The highest BCUT2D eigenvalue weighted by atomic mass is 79.9. The van der Waals surface area contributed by atoms with Crippen molar-refractivity contribution in [2.24, 2.45) is 0 Å². The summed E-state index contributed by atoms with van der Waals surface area (Å²) in [5.41, 5.74) is 1.76. The van der Waals surface area contributed by atoms with E-state index in [1.54, 1.807) is 0 Å². The second kappa shape index (κ2) is 6.34. The zero-order chi connectivity index (χ0) is 13.0. The molecule has 1 aliphatic heterocycles. The van der Waals surface area contributed by atoms with Gasteiger partial charge in [-0.05, 0) is 56.5 Å². The molecule has 3 nitrogen and oxygen atoms in total. The van der Waals surface area contributed by atoms with Crippen LogP contribution in [0.15, 0.2) is 22.7 Å². The van der Waals surface area contributed by atoms with E-state index in [0.29, 0.717) is 6.04 Å². The van der Waals surface area contributed by atoms with Crippen LogP contribution in [-0.4, -0.2) is 25.0 Å². The predicted octanol–water partition coefficient (Wildman–Crippen LogP) is 2.63. The van der Waals surface area contributed by atoms with Crippen LogP contribution < -0.4 is 10.6 Å². The molecule has 1 heterocycles. The highest BCUT2D eigenvalue weighted by molar-refractivity contribution is 9.10. The van der Waals surface area contributed by atoms with Crippen LogP contribution in [0.5, 0.6) is 0 Å². The zero-order valence-electron chi connectivity index (χ0n) is 10.6. The quantitative estimate of drug-likeness (QED) is 0.897. The summed E-state index contributed by atoms with van der Waals surface area (Å²) in [6.07, 6.45) is 3.50. The Labute approximate surface area is 116 Å². The van der Waals surface area contributed by atoms with E-state index in [4.69, 9.17) is 0 Å². The summed E-state index contributed by atoms with van der Waals surface area (Å²) in [5, 5.41) is 6.42. The smallest absolute Gasteiger partial charge is 0.251 e. The van der Waals surface area contributed by atoms with Gasteiger partial charge < -0.3 is 10.6 Å². The van der Waals surface area contributed by atoms with Crippen molar-refractivity contribution in [3.63, 3.8) is 0 Å². The number of hydrogen-bond acceptors (Lipinski definition) is 2. The fraction of sp³-hybridized carbons (Fsp3) is 0.500. The third-order valence-corrected chi connectivity index (χ3v) is 3.87. The van der Waals surface area contributed by atoms with Crippen molar-refractivity contribution in [1.29, 1.82) is 0 Å². The first-order valence-electron chi connectivity index (χ1n) is 6.44. The van der Waals surface area contributed by atoms with Crippen molar-refractivity contribution in [2.45, 2.75) is 32.2 Å². The van der Waals surface area contributed by atoms with Crippen LogP contribution in [0.2, 0.25) is 0 Å². The standard InChI is InChI=1S/C14H19BrN2O/c1-10-9-11(15)4-5-13(10)14(18)17-8-6-12-3-2-7-16-12/h4-5,9,12,16H,2-3,6-8H2,1H3,(H,17,18)/t12-/m1/s1. The topological polar surface area (TPSA) is 41.1 Å². The van der Waals surface area contributed by atoms with Crippen LogP contribution in [0.1, 0.15) is 35.2 Å². The first kappa shape index (κ1) is 13.6. The molecule has 0 radical (unpaired) electrons. The van der Waals surface area contributed by atoms with Crippen molar-refractivity contribution in [1.82, 2.24) is 10.6 Å². The second-order valence-corrected chi connectivity index (χ2v) is 5.71. The van der Waals surface area contributed by atoms with Crippen molar-refractivity contribution >= 4 is 21.8 Å². The lowest BCUT2D eigenvalue weighted by Gasteiger charge is -2.11. The summed E-state index contributed by atoms with van der Waals surface area (Å²) in [6, 6.07) is 6.31. The molecule has 4 heteroatoms. The molecule has 1 aromatic carbocycles. The number of hydrogen-bond donors (Lipinski definition) is 2. The Morgan fingerprint density at radius 1 is 1.56 bits per heavy atom. The lowest BCUT2D eigenvalue weighted by Crippen LogP contribution is -2.30. The highest BCUT2D eigenvalue weighted by Crippen LogP contribution is 2.15. The normalized spacial score (nSPS) is 18.9. The SMILES string of the molecule is Cc1cc(Br)ccc1C(=O)NCC[C@H]1CCCN1. The van der Waals surface area contributed by atoms with E-state index in [-0.39, 0.29) is 5.91 Å². The lowest BCUT2D eigenvalue weighted by atomic mass is 10.1. The van der Waals surface area contributed by atoms with Crippen LogP contribution in [0, 0.1) is 6.92 Å². The molecule has 0 aliphatic carbocycles. The van der Waals surface area contributed by atoms with Gasteiger partial charge in [-0.2, -0.15) is 0 Å². The Bertz CT molecular complexity index is 428. The number of halogens is 1. The Hall–Kier alpha value is -0.870. The van der Waals surface area contributed by atoms with Gasteiger partial charge in [0.2, 0.25) is 0 Å². The van der Waals surface area contributed by atoms with Crippen LogP contribution in [0.3, 0.4) is 0 Å².